The predicted octanol–water partition coefficient (Wildman–Crippen LogP) is 3.78. The number of rotatable bonds is 5. The van der Waals surface area contributed by atoms with Gasteiger partial charge in [-0.3, -0.25) is 4.79 Å². The van der Waals surface area contributed by atoms with Gasteiger partial charge in [-0.15, -0.1) is 0 Å². The van der Waals surface area contributed by atoms with Crippen molar-refractivity contribution in [2.75, 3.05) is 14.2 Å². The topological polar surface area (TPSA) is 35.5 Å². The largest absolute Gasteiger partial charge is 0.497 e. The van der Waals surface area contributed by atoms with E-state index in [9.17, 15) is 4.79 Å². The second-order valence-electron chi connectivity index (χ2n) is 4.30. The van der Waals surface area contributed by atoms with Gasteiger partial charge < -0.3 is 9.47 Å². The lowest BCUT2D eigenvalue weighted by atomic mass is 10.0. The zero-order valence-electron chi connectivity index (χ0n) is 11.4. The Morgan fingerprint density at radius 3 is 2.55 bits per heavy atom. The highest BCUT2D eigenvalue weighted by Gasteiger charge is 2.14. The Balaban J connectivity index is 2.25. The van der Waals surface area contributed by atoms with E-state index in [0.29, 0.717) is 22.1 Å². The van der Waals surface area contributed by atoms with Crippen molar-refractivity contribution in [2.45, 2.75) is 6.42 Å². The number of ether oxygens (including phenoxy) is 2. The summed E-state index contributed by atoms with van der Waals surface area (Å²) in [6.45, 7) is 0. The van der Waals surface area contributed by atoms with Gasteiger partial charge in [0.2, 0.25) is 0 Å². The number of Topliss-reactive ketones (excluding diaryl/α,β-unsaturated/α-hetero) is 1. The Hall–Kier alpha value is -2.00. The fraction of sp³-hybridized carbons (Fsp3) is 0.188. The summed E-state index contributed by atoms with van der Waals surface area (Å²) in [5.41, 5.74) is 1.41. The minimum Gasteiger partial charge on any atom is -0.497 e. The van der Waals surface area contributed by atoms with Gasteiger partial charge >= 0.3 is 0 Å². The van der Waals surface area contributed by atoms with Crippen LogP contribution in [-0.4, -0.2) is 20.0 Å². The highest BCUT2D eigenvalue weighted by molar-refractivity contribution is 6.30. The normalized spacial score (nSPS) is 10.2. The maximum atomic E-state index is 12.3. The molecule has 0 heterocycles. The van der Waals surface area contributed by atoms with Gasteiger partial charge in [0.15, 0.2) is 5.78 Å². The van der Waals surface area contributed by atoms with Crippen LogP contribution in [0.25, 0.3) is 0 Å². The lowest BCUT2D eigenvalue weighted by Gasteiger charge is -2.09. The summed E-state index contributed by atoms with van der Waals surface area (Å²) in [6, 6.07) is 12.4. The second kappa shape index (κ2) is 6.44. The van der Waals surface area contributed by atoms with Crippen LogP contribution >= 0.6 is 11.6 Å². The Kier molecular flexibility index (Phi) is 4.64. The van der Waals surface area contributed by atoms with Gasteiger partial charge in [-0.1, -0.05) is 23.7 Å². The Morgan fingerprint density at radius 1 is 1.10 bits per heavy atom. The van der Waals surface area contributed by atoms with Crippen LogP contribution in [0.2, 0.25) is 5.02 Å². The van der Waals surface area contributed by atoms with Crippen LogP contribution in [0, 0.1) is 0 Å². The number of ketones is 1. The standard InChI is InChI=1S/C16H15ClO3/c1-19-13-6-7-14(16(10-13)20-2)15(18)9-11-4-3-5-12(17)8-11/h3-8,10H,9H2,1-2H3. The molecule has 104 valence electrons. The van der Waals surface area contributed by atoms with E-state index in [1.165, 1.54) is 7.11 Å². The molecule has 0 saturated carbocycles. The van der Waals surface area contributed by atoms with Crippen molar-refractivity contribution < 1.29 is 14.3 Å². The molecule has 0 aliphatic rings. The van der Waals surface area contributed by atoms with Crippen molar-refractivity contribution in [1.29, 1.82) is 0 Å². The van der Waals surface area contributed by atoms with E-state index in [2.05, 4.69) is 0 Å². The molecule has 3 nitrogen and oxygen atoms in total. The van der Waals surface area contributed by atoms with Crippen LogP contribution in [0.1, 0.15) is 15.9 Å². The van der Waals surface area contributed by atoms with Gasteiger partial charge in [-0.2, -0.15) is 0 Å². The van der Waals surface area contributed by atoms with Crippen molar-refractivity contribution in [1.82, 2.24) is 0 Å². The molecule has 0 amide bonds. The molecule has 0 fully saturated rings. The van der Waals surface area contributed by atoms with Gasteiger partial charge in [0, 0.05) is 17.5 Å². The Bertz CT molecular complexity index is 623. The fourth-order valence-corrected chi connectivity index (χ4v) is 2.17. The lowest BCUT2D eigenvalue weighted by molar-refractivity contribution is 0.0990. The molecule has 0 atom stereocenters. The van der Waals surface area contributed by atoms with E-state index in [1.807, 2.05) is 12.1 Å². The SMILES string of the molecule is COc1ccc(C(=O)Cc2cccc(Cl)c2)c(OC)c1. The maximum absolute atomic E-state index is 12.3. The molecule has 0 aliphatic carbocycles. The Labute approximate surface area is 123 Å². The first-order valence-corrected chi connectivity index (χ1v) is 6.51. The summed E-state index contributed by atoms with van der Waals surface area (Å²) in [5, 5.41) is 0.622. The third kappa shape index (κ3) is 3.31. The van der Waals surface area contributed by atoms with E-state index < -0.39 is 0 Å². The number of carbonyl (C=O) groups is 1. The lowest BCUT2D eigenvalue weighted by Crippen LogP contribution is -2.06. The van der Waals surface area contributed by atoms with E-state index in [0.717, 1.165) is 5.56 Å². The van der Waals surface area contributed by atoms with Gasteiger partial charge in [0.25, 0.3) is 0 Å². The van der Waals surface area contributed by atoms with Gasteiger partial charge in [0.05, 0.1) is 19.8 Å². The smallest absolute Gasteiger partial charge is 0.170 e. The highest BCUT2D eigenvalue weighted by atomic mass is 35.5. The summed E-state index contributed by atoms with van der Waals surface area (Å²) in [5.74, 6) is 1.14. The number of halogens is 1. The molecule has 0 bridgehead atoms. The Morgan fingerprint density at radius 2 is 1.90 bits per heavy atom. The monoisotopic (exact) mass is 290 g/mol. The van der Waals surface area contributed by atoms with Crippen LogP contribution in [0.3, 0.4) is 0 Å². The van der Waals surface area contributed by atoms with E-state index in [4.69, 9.17) is 21.1 Å². The maximum Gasteiger partial charge on any atom is 0.170 e. The molecule has 0 spiro atoms. The van der Waals surface area contributed by atoms with Gasteiger partial charge in [0.1, 0.15) is 11.5 Å². The molecule has 0 saturated heterocycles. The minimum atomic E-state index is -0.0215. The highest BCUT2D eigenvalue weighted by Crippen LogP contribution is 2.26. The van der Waals surface area contributed by atoms with Crippen LogP contribution in [-0.2, 0) is 6.42 Å². The molecular formula is C16H15ClO3. The first-order valence-electron chi connectivity index (χ1n) is 6.13. The molecule has 2 rings (SSSR count). The minimum absolute atomic E-state index is 0.0215. The summed E-state index contributed by atoms with van der Waals surface area (Å²) < 4.78 is 10.4. The molecule has 0 aromatic heterocycles. The second-order valence-corrected chi connectivity index (χ2v) is 4.73. The molecular weight excluding hydrogens is 276 g/mol. The van der Waals surface area contributed by atoms with Crippen LogP contribution in [0.4, 0.5) is 0 Å². The molecule has 4 heteroatoms. The van der Waals surface area contributed by atoms with Crippen LogP contribution < -0.4 is 9.47 Å². The average Bonchev–Trinajstić information content (AvgIpc) is 2.46. The summed E-state index contributed by atoms with van der Waals surface area (Å²) in [4.78, 5) is 12.3. The number of benzene rings is 2. The van der Waals surface area contributed by atoms with E-state index in [1.54, 1.807) is 37.4 Å². The number of hydrogen-bond acceptors (Lipinski definition) is 3. The van der Waals surface area contributed by atoms with Crippen molar-refractivity contribution in [3.63, 3.8) is 0 Å². The zero-order valence-corrected chi connectivity index (χ0v) is 12.1. The summed E-state index contributed by atoms with van der Waals surface area (Å²) in [6.07, 6.45) is 0.281. The van der Waals surface area contributed by atoms with Crippen molar-refractivity contribution in [3.8, 4) is 11.5 Å². The first kappa shape index (κ1) is 14.4. The molecule has 0 unspecified atom stereocenters. The summed E-state index contributed by atoms with van der Waals surface area (Å²) >= 11 is 5.92. The third-order valence-corrected chi connectivity index (χ3v) is 3.20. The zero-order chi connectivity index (χ0) is 14.5. The molecule has 2 aromatic rings. The molecule has 0 radical (unpaired) electrons. The summed E-state index contributed by atoms with van der Waals surface area (Å²) in [7, 11) is 3.10. The number of hydrogen-bond donors (Lipinski definition) is 0. The van der Waals surface area contributed by atoms with Crippen LogP contribution in [0.5, 0.6) is 11.5 Å². The van der Waals surface area contributed by atoms with Crippen LogP contribution in [0.15, 0.2) is 42.5 Å². The van der Waals surface area contributed by atoms with E-state index in [-0.39, 0.29) is 12.2 Å². The number of carbonyl (C=O) groups excluding carboxylic acids is 1. The molecule has 0 aliphatic heterocycles. The average molecular weight is 291 g/mol. The van der Waals surface area contributed by atoms with Crippen molar-refractivity contribution >= 4 is 17.4 Å². The van der Waals surface area contributed by atoms with E-state index >= 15 is 0 Å². The number of methoxy groups -OCH3 is 2. The molecule has 20 heavy (non-hydrogen) atoms. The fourth-order valence-electron chi connectivity index (χ4n) is 1.96. The quantitative estimate of drug-likeness (QED) is 0.786. The van der Waals surface area contributed by atoms with Crippen molar-refractivity contribution in [3.05, 3.63) is 58.6 Å². The van der Waals surface area contributed by atoms with Crippen molar-refractivity contribution in [2.24, 2.45) is 0 Å². The predicted molar refractivity (Wildman–Crippen MR) is 79.0 cm³/mol. The molecule has 0 N–H and O–H groups in total. The molecule has 2 aromatic carbocycles. The first-order chi connectivity index (χ1) is 9.63. The van der Waals surface area contributed by atoms with Gasteiger partial charge in [-0.25, -0.2) is 0 Å². The van der Waals surface area contributed by atoms with Gasteiger partial charge in [-0.05, 0) is 29.8 Å². The third-order valence-electron chi connectivity index (χ3n) is 2.96.